The number of piperazine rings is 1. The highest BCUT2D eigenvalue weighted by atomic mass is 35.5. The topological polar surface area (TPSA) is 48.5 Å². The van der Waals surface area contributed by atoms with Crippen molar-refractivity contribution in [3.05, 3.63) is 64.6 Å². The Kier molecular flexibility index (Phi) is 6.13. The van der Waals surface area contributed by atoms with Crippen LogP contribution in [0, 0.1) is 0 Å². The van der Waals surface area contributed by atoms with E-state index in [4.69, 9.17) is 11.6 Å². The molecule has 29 heavy (non-hydrogen) atoms. The van der Waals surface area contributed by atoms with Crippen LogP contribution in [-0.4, -0.2) is 49.0 Å². The smallest absolute Gasteiger partial charge is 0.230 e. The van der Waals surface area contributed by atoms with Gasteiger partial charge in [0.1, 0.15) is 5.01 Å². The van der Waals surface area contributed by atoms with E-state index in [1.54, 1.807) is 0 Å². The molecule has 1 fully saturated rings. The summed E-state index contributed by atoms with van der Waals surface area (Å²) in [6.07, 6.45) is 0.244. The first-order valence-corrected chi connectivity index (χ1v) is 10.9. The van der Waals surface area contributed by atoms with E-state index >= 15 is 0 Å². The van der Waals surface area contributed by atoms with Gasteiger partial charge in [0.05, 0.1) is 23.5 Å². The Morgan fingerprint density at radius 3 is 2.72 bits per heavy atom. The molecule has 150 valence electrons. The highest BCUT2D eigenvalue weighted by Gasteiger charge is 2.18. The van der Waals surface area contributed by atoms with E-state index < -0.39 is 0 Å². The third kappa shape index (κ3) is 4.96. The second kappa shape index (κ2) is 8.95. The molecule has 0 radical (unpaired) electrons. The molecule has 0 bridgehead atoms. The van der Waals surface area contributed by atoms with E-state index in [1.807, 2.05) is 47.8 Å². The van der Waals surface area contributed by atoms with Gasteiger partial charge in [0.15, 0.2) is 0 Å². The highest BCUT2D eigenvalue weighted by molar-refractivity contribution is 7.13. The maximum Gasteiger partial charge on any atom is 0.230 e. The minimum Gasteiger partial charge on any atom is -0.367 e. The number of rotatable bonds is 5. The van der Waals surface area contributed by atoms with Crippen LogP contribution in [0.25, 0.3) is 10.6 Å². The summed E-state index contributed by atoms with van der Waals surface area (Å²) in [4.78, 5) is 21.9. The van der Waals surface area contributed by atoms with E-state index in [9.17, 15) is 4.79 Å². The maximum absolute atomic E-state index is 12.7. The van der Waals surface area contributed by atoms with Gasteiger partial charge in [-0.15, -0.1) is 11.3 Å². The summed E-state index contributed by atoms with van der Waals surface area (Å²) in [7, 11) is 2.14. The van der Waals surface area contributed by atoms with E-state index in [2.05, 4.69) is 33.2 Å². The Bertz CT molecular complexity index is 998. The van der Waals surface area contributed by atoms with Crippen molar-refractivity contribution < 1.29 is 4.79 Å². The average Bonchev–Trinajstić information content (AvgIpc) is 3.17. The fourth-order valence-corrected chi connectivity index (χ4v) is 4.41. The van der Waals surface area contributed by atoms with Gasteiger partial charge in [0.25, 0.3) is 0 Å². The van der Waals surface area contributed by atoms with Gasteiger partial charge in [0.2, 0.25) is 5.91 Å². The van der Waals surface area contributed by atoms with Gasteiger partial charge >= 0.3 is 0 Å². The number of aromatic nitrogens is 1. The van der Waals surface area contributed by atoms with Crippen LogP contribution >= 0.6 is 22.9 Å². The quantitative estimate of drug-likeness (QED) is 0.657. The number of carbonyl (C=O) groups is 1. The van der Waals surface area contributed by atoms with Crippen molar-refractivity contribution in [2.45, 2.75) is 6.42 Å². The molecule has 4 rings (SSSR count). The van der Waals surface area contributed by atoms with Crippen LogP contribution < -0.4 is 10.2 Å². The standard InChI is InChI=1S/C22H23ClN4OS/c1-26-9-11-27(12-10-26)20-8-3-2-7-19(20)25-21(28)14-18-15-29-22(24-18)16-5-4-6-17(23)13-16/h2-8,13,15H,9-12,14H2,1H3,(H,25,28). The number of para-hydroxylation sites is 2. The molecule has 5 nitrogen and oxygen atoms in total. The van der Waals surface area contributed by atoms with Crippen molar-refractivity contribution in [3.8, 4) is 10.6 Å². The zero-order valence-electron chi connectivity index (χ0n) is 16.3. The van der Waals surface area contributed by atoms with Crippen LogP contribution in [0.4, 0.5) is 11.4 Å². The Hall–Kier alpha value is -2.41. The molecule has 0 saturated carbocycles. The zero-order valence-corrected chi connectivity index (χ0v) is 17.8. The fraction of sp³-hybridized carbons (Fsp3) is 0.273. The Morgan fingerprint density at radius 1 is 1.14 bits per heavy atom. The van der Waals surface area contributed by atoms with E-state index in [1.165, 1.54) is 11.3 Å². The number of likely N-dealkylation sites (N-methyl/N-ethyl adjacent to an activating group) is 1. The largest absolute Gasteiger partial charge is 0.367 e. The molecule has 1 saturated heterocycles. The van der Waals surface area contributed by atoms with Gasteiger partial charge in [-0.1, -0.05) is 35.9 Å². The second-order valence-corrected chi connectivity index (χ2v) is 8.48. The summed E-state index contributed by atoms with van der Waals surface area (Å²) < 4.78 is 0. The molecule has 1 aliphatic heterocycles. The number of benzene rings is 2. The molecule has 0 aliphatic carbocycles. The molecule has 0 spiro atoms. The van der Waals surface area contributed by atoms with Crippen LogP contribution in [0.15, 0.2) is 53.9 Å². The lowest BCUT2D eigenvalue weighted by Crippen LogP contribution is -2.44. The fourth-order valence-electron chi connectivity index (χ4n) is 3.40. The third-order valence-electron chi connectivity index (χ3n) is 4.99. The van der Waals surface area contributed by atoms with Crippen molar-refractivity contribution in [1.82, 2.24) is 9.88 Å². The number of halogens is 1. The zero-order chi connectivity index (χ0) is 20.2. The van der Waals surface area contributed by atoms with Crippen molar-refractivity contribution in [2.24, 2.45) is 0 Å². The predicted octanol–water partition coefficient (Wildman–Crippen LogP) is 4.40. The van der Waals surface area contributed by atoms with Gasteiger partial charge in [-0.25, -0.2) is 4.98 Å². The first kappa shape index (κ1) is 19.9. The molecule has 1 N–H and O–H groups in total. The average molecular weight is 427 g/mol. The molecule has 7 heteroatoms. The van der Waals surface area contributed by atoms with Crippen molar-refractivity contribution in [1.29, 1.82) is 0 Å². The van der Waals surface area contributed by atoms with E-state index in [0.717, 1.165) is 53.8 Å². The molecule has 0 atom stereocenters. The molecule has 2 heterocycles. The lowest BCUT2D eigenvalue weighted by molar-refractivity contribution is -0.115. The van der Waals surface area contributed by atoms with Gasteiger partial charge in [-0.2, -0.15) is 0 Å². The number of nitrogens with one attached hydrogen (secondary N) is 1. The number of carbonyl (C=O) groups excluding carboxylic acids is 1. The molecule has 1 aliphatic rings. The summed E-state index contributed by atoms with van der Waals surface area (Å²) in [5, 5.41) is 6.55. The van der Waals surface area contributed by atoms with Gasteiger partial charge < -0.3 is 15.1 Å². The summed E-state index contributed by atoms with van der Waals surface area (Å²) in [5.74, 6) is -0.0606. The summed E-state index contributed by atoms with van der Waals surface area (Å²) in [6.45, 7) is 3.96. The number of anilines is 2. The number of thiazole rings is 1. The molecule has 3 aromatic rings. The Morgan fingerprint density at radius 2 is 1.93 bits per heavy atom. The normalized spacial score (nSPS) is 14.8. The second-order valence-electron chi connectivity index (χ2n) is 7.19. The van der Waals surface area contributed by atoms with Crippen LogP contribution in [0.1, 0.15) is 5.69 Å². The number of nitrogens with zero attached hydrogens (tertiary/aromatic N) is 3. The van der Waals surface area contributed by atoms with Gasteiger partial charge in [-0.05, 0) is 31.3 Å². The Balaban J connectivity index is 1.43. The van der Waals surface area contributed by atoms with Crippen LogP contribution in [0.3, 0.4) is 0 Å². The van der Waals surface area contributed by atoms with Gasteiger partial charge in [0, 0.05) is 42.1 Å². The lowest BCUT2D eigenvalue weighted by atomic mass is 10.2. The van der Waals surface area contributed by atoms with Crippen LogP contribution in [0.5, 0.6) is 0 Å². The van der Waals surface area contributed by atoms with Gasteiger partial charge in [-0.3, -0.25) is 4.79 Å². The molecular formula is C22H23ClN4OS. The maximum atomic E-state index is 12.7. The van der Waals surface area contributed by atoms with Crippen LogP contribution in [-0.2, 0) is 11.2 Å². The van der Waals surface area contributed by atoms with E-state index in [-0.39, 0.29) is 12.3 Å². The number of hydrogen-bond acceptors (Lipinski definition) is 5. The minimum atomic E-state index is -0.0606. The Labute approximate surface area is 179 Å². The number of hydrogen-bond donors (Lipinski definition) is 1. The summed E-state index contributed by atoms with van der Waals surface area (Å²) >= 11 is 7.59. The first-order valence-electron chi connectivity index (χ1n) is 9.61. The summed E-state index contributed by atoms with van der Waals surface area (Å²) in [5.41, 5.74) is 3.66. The molecular weight excluding hydrogens is 404 g/mol. The number of amides is 1. The van der Waals surface area contributed by atoms with Crippen molar-refractivity contribution >= 4 is 40.2 Å². The van der Waals surface area contributed by atoms with Crippen LogP contribution in [0.2, 0.25) is 5.02 Å². The molecule has 1 amide bonds. The van der Waals surface area contributed by atoms with Crippen molar-refractivity contribution in [3.63, 3.8) is 0 Å². The molecule has 0 unspecified atom stereocenters. The lowest BCUT2D eigenvalue weighted by Gasteiger charge is -2.35. The summed E-state index contributed by atoms with van der Waals surface area (Å²) in [6, 6.07) is 15.6. The third-order valence-corrected chi connectivity index (χ3v) is 6.16. The monoisotopic (exact) mass is 426 g/mol. The van der Waals surface area contributed by atoms with Crippen molar-refractivity contribution in [2.75, 3.05) is 43.4 Å². The van der Waals surface area contributed by atoms with E-state index in [0.29, 0.717) is 5.02 Å². The first-order chi connectivity index (χ1) is 14.1. The SMILES string of the molecule is CN1CCN(c2ccccc2NC(=O)Cc2csc(-c3cccc(Cl)c3)n2)CC1. The predicted molar refractivity (Wildman–Crippen MR) is 121 cm³/mol. The minimum absolute atomic E-state index is 0.0606. The molecule has 1 aromatic heterocycles. The molecule has 2 aromatic carbocycles. The highest BCUT2D eigenvalue weighted by Crippen LogP contribution is 2.28.